The minimum absolute atomic E-state index is 0.0526. The lowest BCUT2D eigenvalue weighted by Crippen LogP contribution is -2.21. The van der Waals surface area contributed by atoms with Crippen LogP contribution in [0.3, 0.4) is 0 Å². The molecule has 0 amide bonds. The van der Waals surface area contributed by atoms with E-state index in [0.29, 0.717) is 45.4 Å². The van der Waals surface area contributed by atoms with Gasteiger partial charge in [0.25, 0.3) is 0 Å². The molecular weight excluding hydrogens is 941 g/mol. The van der Waals surface area contributed by atoms with E-state index < -0.39 is 53.1 Å². The largest absolute Gasteiger partial charge is 0.397 e. The SMILES string of the molecule is Nc1ccccc1N.[C-]#[N+]C(C(C)=O)c1nc(C(C#N)C(C)=O)nc(C(C#N)C(C)=O)n1.[C-]#[N+]C(c1nc(C(C#N)c2nc3ccccc3[nH]2)nc(C(C#N)c2nc3ccccc3[nH]2)n1)c1nc2ccccc2[nH]1. The van der Waals surface area contributed by atoms with Gasteiger partial charge in [0.15, 0.2) is 64.4 Å². The number of carbonyl (C=O) groups is 3. The number of benzene rings is 4. The molecule has 23 nitrogen and oxygen atoms in total. The van der Waals surface area contributed by atoms with Crippen molar-refractivity contribution in [2.24, 2.45) is 0 Å². The molecule has 74 heavy (non-hydrogen) atoms. The van der Waals surface area contributed by atoms with Crippen LogP contribution in [0.1, 0.15) is 109 Å². The number of hydrogen-bond donors (Lipinski definition) is 5. The Hall–Kier alpha value is -11.1. The van der Waals surface area contributed by atoms with E-state index in [0.717, 1.165) is 37.3 Å². The highest BCUT2D eigenvalue weighted by Gasteiger charge is 2.34. The molecule has 0 saturated heterocycles. The molecule has 4 aromatic carbocycles. The van der Waals surface area contributed by atoms with Gasteiger partial charge in [-0.3, -0.25) is 24.1 Å². The van der Waals surface area contributed by atoms with Gasteiger partial charge in [-0.25, -0.2) is 58.0 Å². The van der Waals surface area contributed by atoms with E-state index in [-0.39, 0.29) is 34.9 Å². The van der Waals surface area contributed by atoms with Gasteiger partial charge in [0.1, 0.15) is 11.6 Å². The lowest BCUT2D eigenvalue weighted by atomic mass is 10.0. The van der Waals surface area contributed by atoms with Gasteiger partial charge < -0.3 is 26.4 Å². The molecule has 360 valence electrons. The van der Waals surface area contributed by atoms with Gasteiger partial charge in [-0.2, -0.15) is 21.0 Å². The Labute approximate surface area is 420 Å². The molecular formula is C51H38N20O3. The summed E-state index contributed by atoms with van der Waals surface area (Å²) < 4.78 is 0. The minimum Gasteiger partial charge on any atom is -0.397 e. The fourth-order valence-electron chi connectivity index (χ4n) is 7.16. The maximum absolute atomic E-state index is 11.6. The highest BCUT2D eigenvalue weighted by Crippen LogP contribution is 2.30. The highest BCUT2D eigenvalue weighted by atomic mass is 16.1. The van der Waals surface area contributed by atoms with Crippen molar-refractivity contribution in [3.8, 4) is 24.3 Å². The lowest BCUT2D eigenvalue weighted by Gasteiger charge is -2.12. The molecule has 23 heteroatoms. The van der Waals surface area contributed by atoms with Crippen LogP contribution in [-0.2, 0) is 14.4 Å². The van der Waals surface area contributed by atoms with Gasteiger partial charge in [0, 0.05) is 6.92 Å². The Bertz CT molecular complexity index is 3370. The van der Waals surface area contributed by atoms with E-state index in [4.69, 9.17) is 35.1 Å². The zero-order chi connectivity index (χ0) is 53.1. The van der Waals surface area contributed by atoms with Crippen molar-refractivity contribution in [3.63, 3.8) is 0 Å². The van der Waals surface area contributed by atoms with Crippen molar-refractivity contribution in [2.45, 2.75) is 56.5 Å². The minimum atomic E-state index is -1.37. The van der Waals surface area contributed by atoms with Gasteiger partial charge >= 0.3 is 12.1 Å². The van der Waals surface area contributed by atoms with Crippen LogP contribution in [0, 0.1) is 58.5 Å². The van der Waals surface area contributed by atoms with E-state index in [2.05, 4.69) is 81.6 Å². The molecule has 7 N–H and O–H groups in total. The number of carbonyl (C=O) groups excluding carboxylic acids is 3. The number of nitrogens with zero attached hydrogens (tertiary/aromatic N) is 15. The Morgan fingerprint density at radius 3 is 1.15 bits per heavy atom. The number of nitriles is 4. The van der Waals surface area contributed by atoms with Gasteiger partial charge in [-0.15, -0.1) is 0 Å². The Kier molecular flexibility index (Phi) is 15.4. The van der Waals surface area contributed by atoms with Gasteiger partial charge in [0.05, 0.1) is 68.8 Å². The molecule has 6 unspecified atom stereocenters. The second-order valence-electron chi connectivity index (χ2n) is 16.0. The number of hydrogen-bond acceptors (Lipinski definition) is 18. The molecule has 5 aromatic heterocycles. The summed E-state index contributed by atoms with van der Waals surface area (Å²) in [5, 5.41) is 38.8. The fourth-order valence-corrected chi connectivity index (χ4v) is 7.16. The van der Waals surface area contributed by atoms with Gasteiger partial charge in [0.2, 0.25) is 17.4 Å². The number of nitrogens with one attached hydrogen (secondary N) is 3. The van der Waals surface area contributed by atoms with E-state index >= 15 is 0 Å². The number of imidazole rings is 3. The van der Waals surface area contributed by atoms with E-state index in [1.54, 1.807) is 24.3 Å². The number of nitrogens with two attached hydrogens (primary N) is 2. The molecule has 0 fully saturated rings. The van der Waals surface area contributed by atoms with Crippen LogP contribution in [0.25, 0.3) is 42.8 Å². The number of para-hydroxylation sites is 8. The zero-order valence-electron chi connectivity index (χ0n) is 39.3. The number of aromatic amines is 3. The third-order valence-electron chi connectivity index (χ3n) is 10.9. The number of H-pyrrole nitrogens is 3. The van der Waals surface area contributed by atoms with Crippen molar-refractivity contribution in [1.29, 1.82) is 21.0 Å². The maximum Gasteiger partial charge on any atom is 0.339 e. The Balaban J connectivity index is 0.000000210. The summed E-state index contributed by atoms with van der Waals surface area (Å²) in [5.74, 6) is -6.14. The highest BCUT2D eigenvalue weighted by molar-refractivity contribution is 5.87. The molecule has 0 aliphatic carbocycles. The summed E-state index contributed by atoms with van der Waals surface area (Å²) in [7, 11) is 0. The number of rotatable bonds is 12. The summed E-state index contributed by atoms with van der Waals surface area (Å²) in [4.78, 5) is 90.3. The number of ketones is 3. The normalized spacial score (nSPS) is 12.9. The number of anilines is 2. The maximum atomic E-state index is 11.6. The van der Waals surface area contributed by atoms with Crippen LogP contribution < -0.4 is 11.5 Å². The Morgan fingerprint density at radius 1 is 0.459 bits per heavy atom. The van der Waals surface area contributed by atoms with Crippen LogP contribution >= 0.6 is 0 Å². The second-order valence-corrected chi connectivity index (χ2v) is 16.0. The summed E-state index contributed by atoms with van der Waals surface area (Å²) in [6, 6.07) is 34.9. The summed E-state index contributed by atoms with van der Waals surface area (Å²) in [6.45, 7) is 18.6. The monoisotopic (exact) mass is 978 g/mol. The fraction of sp³-hybridized carbons (Fsp3) is 0.176. The number of nitrogen functional groups attached to an aromatic ring is 2. The first-order valence-corrected chi connectivity index (χ1v) is 22.0. The zero-order valence-corrected chi connectivity index (χ0v) is 39.3. The standard InChI is InChI=1S/C30H18N12.C15H12N6O3.C6H8N2/c1-33-24(29-38-22-12-6-7-13-23(22)39-29)30-41-27(16(14-31)25-34-18-8-2-3-9-19(18)35-25)40-28(42-30)17(15-32)26-36-20-10-4-5-11-21(20)37-26;1-7(22)10(5-16)13-19-14(11(6-17)8(2)23)21-15(20-13)12(18-4)9(3)24;7-5-3-1-2-4-6(5)8/h2-13,16-17,24H,(H,34,35)(H,36,37)(H,38,39);10-12H,1-3H3;1-4H,7-8H2. The first-order valence-electron chi connectivity index (χ1n) is 22.0. The molecule has 0 radical (unpaired) electrons. The van der Waals surface area contributed by atoms with Crippen LogP contribution in [0.2, 0.25) is 0 Å². The number of Topliss-reactive ketones (excluding diaryl/α,β-unsaturated/α-hetero) is 3. The van der Waals surface area contributed by atoms with E-state index in [1.165, 1.54) is 0 Å². The summed E-state index contributed by atoms with van der Waals surface area (Å²) in [6.07, 6.45) is 0. The quantitative estimate of drug-likeness (QED) is 0.0645. The molecule has 0 aliphatic rings. The topological polar surface area (TPSA) is 371 Å². The molecule has 0 saturated carbocycles. The van der Waals surface area contributed by atoms with E-state index in [1.807, 2.05) is 84.9 Å². The average molecular weight is 979 g/mol. The van der Waals surface area contributed by atoms with Crippen molar-refractivity contribution in [2.75, 3.05) is 11.5 Å². The molecule has 0 bridgehead atoms. The molecule has 9 rings (SSSR count). The first-order chi connectivity index (χ1) is 35.7. The second kappa shape index (κ2) is 22.5. The van der Waals surface area contributed by atoms with Gasteiger partial charge in [-0.05, 0) is 62.4 Å². The molecule has 0 aliphatic heterocycles. The third kappa shape index (κ3) is 11.0. The Morgan fingerprint density at radius 2 is 0.811 bits per heavy atom. The van der Waals surface area contributed by atoms with Gasteiger partial charge in [-0.1, -0.05) is 48.5 Å². The van der Waals surface area contributed by atoms with Crippen molar-refractivity contribution in [1.82, 2.24) is 59.8 Å². The lowest BCUT2D eigenvalue weighted by molar-refractivity contribution is -0.118. The van der Waals surface area contributed by atoms with Crippen molar-refractivity contribution >= 4 is 61.8 Å². The van der Waals surface area contributed by atoms with Crippen LogP contribution in [0.15, 0.2) is 97.1 Å². The van der Waals surface area contributed by atoms with Crippen LogP contribution in [0.5, 0.6) is 0 Å². The number of aromatic nitrogens is 12. The van der Waals surface area contributed by atoms with Crippen molar-refractivity contribution < 1.29 is 14.4 Å². The molecule has 0 spiro atoms. The summed E-state index contributed by atoms with van der Waals surface area (Å²) >= 11 is 0. The molecule has 9 aromatic rings. The predicted molar refractivity (Wildman–Crippen MR) is 265 cm³/mol. The molecule has 6 atom stereocenters. The number of fused-ring (bicyclic) bond motifs is 3. The third-order valence-corrected chi connectivity index (χ3v) is 10.9. The average Bonchev–Trinajstić information content (AvgIpc) is 4.14. The van der Waals surface area contributed by atoms with Crippen LogP contribution in [0.4, 0.5) is 11.4 Å². The molecule has 5 heterocycles. The first kappa shape index (κ1) is 50.7. The van der Waals surface area contributed by atoms with Crippen LogP contribution in [-0.4, -0.2) is 77.2 Å². The van der Waals surface area contributed by atoms with Crippen molar-refractivity contribution in [3.05, 3.63) is 172 Å². The predicted octanol–water partition coefficient (Wildman–Crippen LogP) is 6.48. The summed E-state index contributed by atoms with van der Waals surface area (Å²) in [5.41, 5.74) is 16.4. The smallest absolute Gasteiger partial charge is 0.339 e. The van der Waals surface area contributed by atoms with E-state index in [9.17, 15) is 24.9 Å².